The van der Waals surface area contributed by atoms with E-state index < -0.39 is 5.97 Å². The van der Waals surface area contributed by atoms with E-state index >= 15 is 0 Å². The molecule has 0 radical (unpaired) electrons. The van der Waals surface area contributed by atoms with Crippen LogP contribution in [0.15, 0.2) is 36.5 Å². The van der Waals surface area contributed by atoms with Crippen molar-refractivity contribution in [1.29, 1.82) is 0 Å². The number of ether oxygens (including phenoxy) is 2. The van der Waals surface area contributed by atoms with Crippen molar-refractivity contribution in [3.05, 3.63) is 53.5 Å². The monoisotopic (exact) mass is 276 g/mol. The zero-order valence-corrected chi connectivity index (χ0v) is 10.8. The highest BCUT2D eigenvalue weighted by Crippen LogP contribution is 2.20. The van der Waals surface area contributed by atoms with Crippen molar-refractivity contribution in [1.82, 2.24) is 4.98 Å². The quantitative estimate of drug-likeness (QED) is 0.866. The Morgan fingerprint density at radius 1 is 1.40 bits per heavy atom. The van der Waals surface area contributed by atoms with E-state index in [0.29, 0.717) is 11.3 Å². The molecule has 6 heteroatoms. The second-order valence-corrected chi connectivity index (χ2v) is 3.99. The fourth-order valence-corrected chi connectivity index (χ4v) is 1.60. The first kappa shape index (κ1) is 13.8. The smallest absolute Gasteiger partial charge is 0.343 e. The number of hydrogen-bond acceptors (Lipinski definition) is 5. The number of nitrogen functional groups attached to an aromatic ring is 1. The number of esters is 1. The summed E-state index contributed by atoms with van der Waals surface area (Å²) in [6, 6.07) is 7.59. The summed E-state index contributed by atoms with van der Waals surface area (Å²) < 4.78 is 23.5. The summed E-state index contributed by atoms with van der Waals surface area (Å²) >= 11 is 0. The van der Waals surface area contributed by atoms with Crippen LogP contribution in [0.1, 0.15) is 15.9 Å². The second kappa shape index (κ2) is 6.01. The molecule has 0 aliphatic carbocycles. The summed E-state index contributed by atoms with van der Waals surface area (Å²) in [7, 11) is 1.24. The molecule has 0 unspecified atom stereocenters. The standard InChI is InChI=1S/C14H13FN2O3/c1-19-14(18)11-6-10(16)7-17-13(11)20-8-9-4-2-3-5-12(9)15/h2-7H,8,16H2,1H3. The minimum absolute atomic E-state index is 0.0480. The molecule has 1 heterocycles. The maximum atomic E-state index is 13.5. The fraction of sp³-hybridized carbons (Fsp3) is 0.143. The van der Waals surface area contributed by atoms with Gasteiger partial charge in [0.1, 0.15) is 18.0 Å². The first-order valence-electron chi connectivity index (χ1n) is 5.82. The lowest BCUT2D eigenvalue weighted by Gasteiger charge is -2.10. The van der Waals surface area contributed by atoms with Gasteiger partial charge < -0.3 is 15.2 Å². The normalized spacial score (nSPS) is 10.1. The van der Waals surface area contributed by atoms with Crippen LogP contribution in [-0.2, 0) is 11.3 Å². The van der Waals surface area contributed by atoms with Crippen LogP contribution < -0.4 is 10.5 Å². The highest BCUT2D eigenvalue weighted by molar-refractivity contribution is 5.92. The summed E-state index contributed by atoms with van der Waals surface area (Å²) in [5.41, 5.74) is 6.34. The van der Waals surface area contributed by atoms with Gasteiger partial charge in [0.15, 0.2) is 0 Å². The van der Waals surface area contributed by atoms with Gasteiger partial charge in [0, 0.05) is 5.56 Å². The third kappa shape index (κ3) is 3.03. The number of hydrogen-bond donors (Lipinski definition) is 1. The van der Waals surface area contributed by atoms with Crippen LogP contribution in [0, 0.1) is 5.82 Å². The molecule has 2 rings (SSSR count). The van der Waals surface area contributed by atoms with Crippen molar-refractivity contribution in [2.75, 3.05) is 12.8 Å². The van der Waals surface area contributed by atoms with Gasteiger partial charge in [-0.25, -0.2) is 14.2 Å². The van der Waals surface area contributed by atoms with Gasteiger partial charge in [0.2, 0.25) is 5.88 Å². The minimum atomic E-state index is -0.617. The first-order valence-corrected chi connectivity index (χ1v) is 5.82. The Bertz CT molecular complexity index is 632. The lowest BCUT2D eigenvalue weighted by atomic mass is 10.2. The average Bonchev–Trinajstić information content (AvgIpc) is 2.46. The zero-order chi connectivity index (χ0) is 14.5. The lowest BCUT2D eigenvalue weighted by molar-refractivity contribution is 0.0594. The number of nitrogens with two attached hydrogens (primary N) is 1. The third-order valence-corrected chi connectivity index (χ3v) is 2.60. The van der Waals surface area contributed by atoms with E-state index in [1.165, 1.54) is 25.4 Å². The molecule has 1 aromatic heterocycles. The summed E-state index contributed by atoms with van der Waals surface area (Å²) in [4.78, 5) is 15.5. The minimum Gasteiger partial charge on any atom is -0.472 e. The van der Waals surface area contributed by atoms with Crippen LogP contribution in [0.5, 0.6) is 5.88 Å². The molecule has 0 atom stereocenters. The van der Waals surface area contributed by atoms with Crippen molar-refractivity contribution in [3.8, 4) is 5.88 Å². The Morgan fingerprint density at radius 3 is 2.85 bits per heavy atom. The number of rotatable bonds is 4. The number of pyridine rings is 1. The summed E-state index contributed by atoms with van der Waals surface area (Å²) in [5, 5.41) is 0. The Labute approximate surface area is 115 Å². The topological polar surface area (TPSA) is 74.4 Å². The molecule has 1 aromatic carbocycles. The maximum absolute atomic E-state index is 13.5. The van der Waals surface area contributed by atoms with Crippen LogP contribution in [0.25, 0.3) is 0 Å². The number of carbonyl (C=O) groups excluding carboxylic acids is 1. The molecule has 0 spiro atoms. The number of aromatic nitrogens is 1. The van der Waals surface area contributed by atoms with E-state index in [4.69, 9.17) is 10.5 Å². The van der Waals surface area contributed by atoms with Crippen LogP contribution in [0.3, 0.4) is 0 Å². The van der Waals surface area contributed by atoms with Gasteiger partial charge in [-0.05, 0) is 12.1 Å². The van der Waals surface area contributed by atoms with Gasteiger partial charge >= 0.3 is 5.97 Å². The number of halogens is 1. The van der Waals surface area contributed by atoms with Crippen molar-refractivity contribution >= 4 is 11.7 Å². The largest absolute Gasteiger partial charge is 0.472 e. The summed E-state index contributed by atoms with van der Waals surface area (Å²) in [6.07, 6.45) is 1.35. The number of anilines is 1. The van der Waals surface area contributed by atoms with Crippen LogP contribution in [0.4, 0.5) is 10.1 Å². The predicted octanol–water partition coefficient (Wildman–Crippen LogP) is 2.17. The molecule has 0 bridgehead atoms. The van der Waals surface area contributed by atoms with E-state index in [9.17, 15) is 9.18 Å². The van der Waals surface area contributed by atoms with Gasteiger partial charge in [0.25, 0.3) is 0 Å². The first-order chi connectivity index (χ1) is 9.61. The fourth-order valence-electron chi connectivity index (χ4n) is 1.60. The van der Waals surface area contributed by atoms with Crippen molar-refractivity contribution < 1.29 is 18.7 Å². The molecule has 0 aliphatic rings. The van der Waals surface area contributed by atoms with Gasteiger partial charge in [-0.3, -0.25) is 0 Å². The SMILES string of the molecule is COC(=O)c1cc(N)cnc1OCc1ccccc1F. The molecular formula is C14H13FN2O3. The highest BCUT2D eigenvalue weighted by Gasteiger charge is 2.15. The Morgan fingerprint density at radius 2 is 2.15 bits per heavy atom. The van der Waals surface area contributed by atoms with Gasteiger partial charge in [0.05, 0.1) is 19.0 Å². The predicted molar refractivity (Wildman–Crippen MR) is 70.7 cm³/mol. The average molecular weight is 276 g/mol. The number of methoxy groups -OCH3 is 1. The van der Waals surface area contributed by atoms with E-state index in [1.54, 1.807) is 18.2 Å². The Kier molecular flexibility index (Phi) is 4.14. The van der Waals surface area contributed by atoms with Crippen molar-refractivity contribution in [2.45, 2.75) is 6.61 Å². The van der Waals surface area contributed by atoms with Gasteiger partial charge in [-0.15, -0.1) is 0 Å². The molecular weight excluding hydrogens is 263 g/mol. The molecule has 0 fully saturated rings. The Balaban J connectivity index is 2.21. The Hall–Kier alpha value is -2.63. The zero-order valence-electron chi connectivity index (χ0n) is 10.8. The molecule has 5 nitrogen and oxygen atoms in total. The molecule has 0 saturated carbocycles. The molecule has 104 valence electrons. The maximum Gasteiger partial charge on any atom is 0.343 e. The number of carbonyl (C=O) groups is 1. The lowest BCUT2D eigenvalue weighted by Crippen LogP contribution is -2.09. The molecule has 2 N–H and O–H groups in total. The number of benzene rings is 1. The van der Waals surface area contributed by atoms with Crippen molar-refractivity contribution in [3.63, 3.8) is 0 Å². The summed E-state index contributed by atoms with van der Waals surface area (Å²) in [6.45, 7) is -0.0480. The van der Waals surface area contributed by atoms with E-state index in [2.05, 4.69) is 9.72 Å². The van der Waals surface area contributed by atoms with E-state index in [-0.39, 0.29) is 23.9 Å². The number of nitrogens with zero attached hydrogens (tertiary/aromatic N) is 1. The van der Waals surface area contributed by atoms with E-state index in [1.807, 2.05) is 0 Å². The van der Waals surface area contributed by atoms with Gasteiger partial charge in [-0.1, -0.05) is 18.2 Å². The van der Waals surface area contributed by atoms with E-state index in [0.717, 1.165) is 0 Å². The molecule has 0 saturated heterocycles. The second-order valence-electron chi connectivity index (χ2n) is 3.99. The molecule has 0 amide bonds. The van der Waals surface area contributed by atoms with Crippen LogP contribution >= 0.6 is 0 Å². The summed E-state index contributed by atoms with van der Waals surface area (Å²) in [5.74, 6) is -0.954. The van der Waals surface area contributed by atoms with Crippen molar-refractivity contribution in [2.24, 2.45) is 0 Å². The van der Waals surface area contributed by atoms with Crippen LogP contribution in [0.2, 0.25) is 0 Å². The third-order valence-electron chi connectivity index (χ3n) is 2.60. The molecule has 20 heavy (non-hydrogen) atoms. The molecule has 0 aliphatic heterocycles. The van der Waals surface area contributed by atoms with Crippen LogP contribution in [-0.4, -0.2) is 18.1 Å². The van der Waals surface area contributed by atoms with Gasteiger partial charge in [-0.2, -0.15) is 0 Å². The highest BCUT2D eigenvalue weighted by atomic mass is 19.1. The molecule has 2 aromatic rings.